The second-order valence-corrected chi connectivity index (χ2v) is 17.2. The van der Waals surface area contributed by atoms with E-state index in [2.05, 4.69) is 56.8 Å². The number of benzene rings is 1. The van der Waals surface area contributed by atoms with Gasteiger partial charge in [0.05, 0.1) is 16.8 Å². The molecule has 0 saturated heterocycles. The molecule has 0 bridgehead atoms. The second kappa shape index (κ2) is 11.6. The van der Waals surface area contributed by atoms with Gasteiger partial charge >= 0.3 is 5.97 Å². The van der Waals surface area contributed by atoms with Crippen LogP contribution in [0.1, 0.15) is 28.5 Å². The Hall–Kier alpha value is -2.93. The maximum absolute atomic E-state index is 11.9. The molecular formula is C25H32N6O3S2Si. The molecule has 196 valence electrons. The third-order valence-corrected chi connectivity index (χ3v) is 9.24. The Morgan fingerprint density at radius 2 is 1.95 bits per heavy atom. The number of anilines is 2. The van der Waals surface area contributed by atoms with Gasteiger partial charge in [0, 0.05) is 31.2 Å². The predicted molar refractivity (Wildman–Crippen MR) is 152 cm³/mol. The van der Waals surface area contributed by atoms with E-state index in [4.69, 9.17) is 14.5 Å². The molecule has 0 atom stereocenters. The molecule has 0 unspecified atom stereocenters. The fourth-order valence-corrected chi connectivity index (χ4v) is 5.86. The van der Waals surface area contributed by atoms with Gasteiger partial charge in [-0.25, -0.2) is 9.78 Å². The average Bonchev–Trinajstić information content (AvgIpc) is 3.46. The normalized spacial score (nSPS) is 12.3. The Morgan fingerprint density at radius 1 is 1.16 bits per heavy atom. The molecule has 12 heteroatoms. The van der Waals surface area contributed by atoms with Gasteiger partial charge in [0.25, 0.3) is 0 Å². The van der Waals surface area contributed by atoms with Crippen molar-refractivity contribution in [1.29, 1.82) is 0 Å². The fraction of sp³-hybridized carbons (Fsp3) is 0.400. The molecule has 3 heterocycles. The van der Waals surface area contributed by atoms with Crippen LogP contribution in [0.3, 0.4) is 0 Å². The first-order valence-electron chi connectivity index (χ1n) is 12.1. The Morgan fingerprint density at radius 3 is 2.70 bits per heavy atom. The van der Waals surface area contributed by atoms with E-state index in [0.717, 1.165) is 38.8 Å². The number of rotatable bonds is 10. The summed E-state index contributed by atoms with van der Waals surface area (Å²) in [6, 6.07) is 9.34. The van der Waals surface area contributed by atoms with Crippen molar-refractivity contribution in [2.45, 2.75) is 53.2 Å². The molecule has 0 saturated carbocycles. The molecule has 0 aliphatic carbocycles. The topological polar surface area (TPSA) is 104 Å². The van der Waals surface area contributed by atoms with Crippen LogP contribution in [-0.4, -0.2) is 47.0 Å². The highest BCUT2D eigenvalue weighted by atomic mass is 32.1. The summed E-state index contributed by atoms with van der Waals surface area (Å²) >= 11 is 2.91. The number of aromatic nitrogens is 4. The van der Waals surface area contributed by atoms with Gasteiger partial charge in [-0.3, -0.25) is 4.57 Å². The lowest BCUT2D eigenvalue weighted by atomic mass is 10.2. The molecule has 0 aliphatic heterocycles. The van der Waals surface area contributed by atoms with E-state index in [-0.39, 0.29) is 5.69 Å². The number of para-hydroxylation sites is 1. The molecule has 0 fully saturated rings. The van der Waals surface area contributed by atoms with Gasteiger partial charge in [-0.1, -0.05) is 43.1 Å². The van der Waals surface area contributed by atoms with Gasteiger partial charge in [0.1, 0.15) is 6.73 Å². The number of esters is 1. The summed E-state index contributed by atoms with van der Waals surface area (Å²) in [6.07, 6.45) is 0. The number of hydrogen-bond acceptors (Lipinski definition) is 10. The van der Waals surface area contributed by atoms with Crippen molar-refractivity contribution in [3.8, 4) is 0 Å². The van der Waals surface area contributed by atoms with Crippen LogP contribution in [0.2, 0.25) is 25.7 Å². The molecule has 0 aliphatic rings. The van der Waals surface area contributed by atoms with Crippen LogP contribution in [0.15, 0.2) is 34.6 Å². The Bertz CT molecular complexity index is 1470. The van der Waals surface area contributed by atoms with Gasteiger partial charge < -0.3 is 14.8 Å². The number of thiazole rings is 2. The molecule has 4 rings (SSSR count). The summed E-state index contributed by atoms with van der Waals surface area (Å²) < 4.78 is 14.3. The van der Waals surface area contributed by atoms with Gasteiger partial charge in [-0.15, -0.1) is 21.5 Å². The number of hydrogen-bond donors (Lipinski definition) is 1. The second-order valence-electron chi connectivity index (χ2n) is 9.75. The number of nitrogens with zero attached hydrogens (tertiary/aromatic N) is 5. The average molecular weight is 557 g/mol. The third kappa shape index (κ3) is 6.69. The van der Waals surface area contributed by atoms with Crippen molar-refractivity contribution in [3.05, 3.63) is 51.3 Å². The fourth-order valence-electron chi connectivity index (χ4n) is 3.40. The first kappa shape index (κ1) is 27.1. The number of fused-ring (bicyclic) bond motifs is 1. The van der Waals surface area contributed by atoms with Crippen LogP contribution in [0.25, 0.3) is 10.2 Å². The van der Waals surface area contributed by atoms with E-state index < -0.39 is 14.0 Å². The zero-order valence-corrected chi connectivity index (χ0v) is 24.6. The van der Waals surface area contributed by atoms with Gasteiger partial charge in [0.15, 0.2) is 27.3 Å². The zero-order valence-electron chi connectivity index (χ0n) is 22.0. The van der Waals surface area contributed by atoms with Crippen molar-refractivity contribution >= 4 is 63.7 Å². The molecule has 1 aromatic carbocycles. The van der Waals surface area contributed by atoms with Crippen molar-refractivity contribution in [3.63, 3.8) is 0 Å². The van der Waals surface area contributed by atoms with Crippen LogP contribution < -0.4 is 10.1 Å². The van der Waals surface area contributed by atoms with Crippen LogP contribution in [-0.2, 0) is 16.2 Å². The van der Waals surface area contributed by atoms with E-state index in [9.17, 15) is 4.79 Å². The SMILES string of the molecule is CCOC(=O)c1csc(Nc2nnc(/N=c3\sc4ccccc4n3COCC[Si](C)(C)C)c(C)c2C)n1. The number of carbonyl (C=O) groups excluding carboxylic acids is 1. The monoisotopic (exact) mass is 556 g/mol. The van der Waals surface area contributed by atoms with Crippen LogP contribution in [0.4, 0.5) is 16.8 Å². The highest BCUT2D eigenvalue weighted by Gasteiger charge is 2.16. The summed E-state index contributed by atoms with van der Waals surface area (Å²) in [5.41, 5.74) is 3.16. The summed E-state index contributed by atoms with van der Waals surface area (Å²) in [4.78, 5) is 21.9. The summed E-state index contributed by atoms with van der Waals surface area (Å²) in [6.45, 7) is 14.2. The van der Waals surface area contributed by atoms with Gasteiger partial charge in [-0.05, 0) is 38.9 Å². The van der Waals surface area contributed by atoms with Crippen molar-refractivity contribution in [1.82, 2.24) is 19.7 Å². The first-order chi connectivity index (χ1) is 17.7. The molecule has 37 heavy (non-hydrogen) atoms. The molecule has 1 N–H and O–H groups in total. The minimum Gasteiger partial charge on any atom is -0.461 e. The summed E-state index contributed by atoms with van der Waals surface area (Å²) in [7, 11) is -1.17. The molecule has 0 amide bonds. The Labute approximate surface area is 225 Å². The molecular weight excluding hydrogens is 525 g/mol. The minimum absolute atomic E-state index is 0.268. The van der Waals surface area contributed by atoms with E-state index in [1.54, 1.807) is 23.6 Å². The smallest absolute Gasteiger partial charge is 0.357 e. The largest absolute Gasteiger partial charge is 0.461 e. The Balaban J connectivity index is 1.60. The number of nitrogens with one attached hydrogen (secondary N) is 1. The van der Waals surface area contributed by atoms with E-state index in [1.165, 1.54) is 11.3 Å². The summed E-state index contributed by atoms with van der Waals surface area (Å²) in [5, 5.41) is 14.1. The molecule has 3 aromatic heterocycles. The van der Waals surface area contributed by atoms with Gasteiger partial charge in [0.2, 0.25) is 0 Å². The first-order valence-corrected chi connectivity index (χ1v) is 17.5. The minimum atomic E-state index is -1.17. The molecule has 9 nitrogen and oxygen atoms in total. The highest BCUT2D eigenvalue weighted by Crippen LogP contribution is 2.27. The molecule has 0 radical (unpaired) electrons. The van der Waals surface area contributed by atoms with E-state index in [0.29, 0.717) is 30.1 Å². The van der Waals surface area contributed by atoms with Crippen LogP contribution in [0, 0.1) is 13.8 Å². The standard InChI is InChI=1S/C25H32N6O3S2Si/c1-7-34-23(32)18-14-35-24(26-18)27-21-16(2)17(3)22(30-29-21)28-25-31(15-33-12-13-37(4,5)6)19-10-8-9-11-20(19)36-25/h8-11,14H,7,12-13,15H2,1-6H3,(H,26,27,29)/b28-25-. The van der Waals surface area contributed by atoms with E-state index >= 15 is 0 Å². The van der Waals surface area contributed by atoms with Crippen LogP contribution >= 0.6 is 22.7 Å². The summed E-state index contributed by atoms with van der Waals surface area (Å²) in [5.74, 6) is 0.679. The molecule has 4 aromatic rings. The maximum atomic E-state index is 11.9. The quantitative estimate of drug-likeness (QED) is 0.144. The number of carbonyl (C=O) groups is 1. The lowest BCUT2D eigenvalue weighted by molar-refractivity contribution is 0.0520. The van der Waals surface area contributed by atoms with Crippen molar-refractivity contribution in [2.75, 3.05) is 18.5 Å². The van der Waals surface area contributed by atoms with Crippen LogP contribution in [0.5, 0.6) is 0 Å². The number of ether oxygens (including phenoxy) is 2. The van der Waals surface area contributed by atoms with E-state index in [1.807, 2.05) is 26.0 Å². The van der Waals surface area contributed by atoms with Gasteiger partial charge in [-0.2, -0.15) is 4.99 Å². The maximum Gasteiger partial charge on any atom is 0.357 e. The highest BCUT2D eigenvalue weighted by molar-refractivity contribution is 7.16. The molecule has 0 spiro atoms. The lowest BCUT2D eigenvalue weighted by Crippen LogP contribution is -2.23. The Kier molecular flexibility index (Phi) is 8.52. The zero-order chi connectivity index (χ0) is 26.6. The third-order valence-electron chi connectivity index (χ3n) is 5.72. The van der Waals surface area contributed by atoms with Crippen molar-refractivity contribution < 1.29 is 14.3 Å². The predicted octanol–water partition coefficient (Wildman–Crippen LogP) is 6.03. The van der Waals surface area contributed by atoms with Crippen molar-refractivity contribution in [2.24, 2.45) is 4.99 Å². The lowest BCUT2D eigenvalue weighted by Gasteiger charge is -2.15.